The Bertz CT molecular complexity index is 575. The minimum atomic E-state index is -0.427. The quantitative estimate of drug-likeness (QED) is 0.733. The molecule has 3 nitrogen and oxygen atoms in total. The maximum Gasteiger partial charge on any atom is 0.410 e. The van der Waals surface area contributed by atoms with Crippen molar-refractivity contribution in [3.05, 3.63) is 33.8 Å². The fourth-order valence-corrected chi connectivity index (χ4v) is 3.58. The number of amides is 1. The molecule has 1 aliphatic carbocycles. The number of hydrogen-bond acceptors (Lipinski definition) is 2. The molecule has 120 valence electrons. The zero-order valence-corrected chi connectivity index (χ0v) is 15.1. The summed E-state index contributed by atoms with van der Waals surface area (Å²) in [7, 11) is 0. The summed E-state index contributed by atoms with van der Waals surface area (Å²) in [5.41, 5.74) is 2.37. The topological polar surface area (TPSA) is 29.5 Å². The van der Waals surface area contributed by atoms with Gasteiger partial charge in [0.1, 0.15) is 5.60 Å². The summed E-state index contributed by atoms with van der Waals surface area (Å²) in [6.07, 6.45) is 3.45. The van der Waals surface area contributed by atoms with Crippen LogP contribution in [0.15, 0.2) is 22.7 Å². The lowest BCUT2D eigenvalue weighted by Gasteiger charge is -2.24. The van der Waals surface area contributed by atoms with Crippen molar-refractivity contribution >= 4 is 22.0 Å². The zero-order valence-electron chi connectivity index (χ0n) is 13.6. The van der Waals surface area contributed by atoms with Crippen LogP contribution in [0.25, 0.3) is 0 Å². The van der Waals surface area contributed by atoms with E-state index in [0.717, 1.165) is 29.9 Å². The highest BCUT2D eigenvalue weighted by molar-refractivity contribution is 9.10. The van der Waals surface area contributed by atoms with E-state index in [0.29, 0.717) is 5.92 Å². The summed E-state index contributed by atoms with van der Waals surface area (Å²) < 4.78 is 6.63. The number of likely N-dealkylation sites (tertiary alicyclic amines) is 1. The smallest absolute Gasteiger partial charge is 0.410 e. The van der Waals surface area contributed by atoms with Gasteiger partial charge in [-0.05, 0) is 69.2 Å². The van der Waals surface area contributed by atoms with Crippen molar-refractivity contribution in [3.8, 4) is 0 Å². The van der Waals surface area contributed by atoms with Crippen LogP contribution in [0.4, 0.5) is 4.79 Å². The molecular weight excluding hydrogens is 342 g/mol. The van der Waals surface area contributed by atoms with Gasteiger partial charge in [-0.25, -0.2) is 4.79 Å². The molecule has 0 radical (unpaired) electrons. The minimum Gasteiger partial charge on any atom is -0.444 e. The van der Waals surface area contributed by atoms with Crippen LogP contribution in [0.5, 0.6) is 0 Å². The highest BCUT2D eigenvalue weighted by Gasteiger charge is 2.31. The second-order valence-electron chi connectivity index (χ2n) is 7.50. The van der Waals surface area contributed by atoms with Crippen molar-refractivity contribution in [1.29, 1.82) is 0 Å². The Morgan fingerprint density at radius 3 is 2.36 bits per heavy atom. The van der Waals surface area contributed by atoms with Gasteiger partial charge >= 0.3 is 6.09 Å². The van der Waals surface area contributed by atoms with E-state index in [4.69, 9.17) is 4.74 Å². The predicted octanol–water partition coefficient (Wildman–Crippen LogP) is 5.05. The van der Waals surface area contributed by atoms with Gasteiger partial charge in [0.15, 0.2) is 0 Å². The van der Waals surface area contributed by atoms with Crippen molar-refractivity contribution in [2.75, 3.05) is 13.1 Å². The molecule has 1 saturated carbocycles. The highest BCUT2D eigenvalue weighted by atomic mass is 79.9. The standard InChI is InChI=1S/C18H24BrNO2/c1-18(2,3)22-17(21)20-7-6-13(11-20)15-8-14(12-4-5-12)9-16(19)10-15/h8-10,12-13H,4-7,11H2,1-3H3. The molecule has 3 rings (SSSR count). The first-order chi connectivity index (χ1) is 10.3. The van der Waals surface area contributed by atoms with E-state index in [1.54, 1.807) is 0 Å². The van der Waals surface area contributed by atoms with Crippen molar-refractivity contribution < 1.29 is 9.53 Å². The van der Waals surface area contributed by atoms with Crippen LogP contribution in [0.2, 0.25) is 0 Å². The molecule has 0 N–H and O–H groups in total. The van der Waals surface area contributed by atoms with Gasteiger partial charge < -0.3 is 9.64 Å². The van der Waals surface area contributed by atoms with Crippen LogP contribution in [-0.2, 0) is 4.74 Å². The Hall–Kier alpha value is -1.03. The van der Waals surface area contributed by atoms with Crippen molar-refractivity contribution in [1.82, 2.24) is 4.90 Å². The van der Waals surface area contributed by atoms with E-state index in [-0.39, 0.29) is 6.09 Å². The average molecular weight is 366 g/mol. The number of carbonyl (C=O) groups is 1. The molecule has 1 aromatic rings. The Morgan fingerprint density at radius 2 is 1.77 bits per heavy atom. The number of carbonyl (C=O) groups excluding carboxylic acids is 1. The molecule has 1 saturated heterocycles. The van der Waals surface area contributed by atoms with Crippen molar-refractivity contribution in [3.63, 3.8) is 0 Å². The van der Waals surface area contributed by atoms with Gasteiger partial charge in [0, 0.05) is 23.5 Å². The molecule has 2 fully saturated rings. The average Bonchev–Trinajstić information content (AvgIpc) is 3.13. The molecule has 1 unspecified atom stereocenters. The lowest BCUT2D eigenvalue weighted by molar-refractivity contribution is 0.0292. The van der Waals surface area contributed by atoms with Gasteiger partial charge in [0.25, 0.3) is 0 Å². The van der Waals surface area contributed by atoms with E-state index < -0.39 is 5.60 Å². The highest BCUT2D eigenvalue weighted by Crippen LogP contribution is 2.42. The number of benzene rings is 1. The summed E-state index contributed by atoms with van der Waals surface area (Å²) in [5.74, 6) is 1.17. The van der Waals surface area contributed by atoms with Gasteiger partial charge in [0.05, 0.1) is 0 Å². The third-order valence-corrected chi connectivity index (χ3v) is 4.76. The number of nitrogens with zero attached hydrogens (tertiary/aromatic N) is 1. The van der Waals surface area contributed by atoms with Crippen LogP contribution < -0.4 is 0 Å². The Labute approximate surface area is 141 Å². The van der Waals surface area contributed by atoms with Crippen molar-refractivity contribution in [2.45, 2.75) is 57.5 Å². The molecule has 4 heteroatoms. The van der Waals surface area contributed by atoms with E-state index in [9.17, 15) is 4.79 Å². The van der Waals surface area contributed by atoms with Gasteiger partial charge in [-0.3, -0.25) is 0 Å². The first kappa shape index (κ1) is 15.9. The molecule has 0 spiro atoms. The second-order valence-corrected chi connectivity index (χ2v) is 8.42. The number of hydrogen-bond donors (Lipinski definition) is 0. The molecule has 1 atom stereocenters. The van der Waals surface area contributed by atoms with Crippen LogP contribution in [0.1, 0.15) is 63.0 Å². The monoisotopic (exact) mass is 365 g/mol. The molecular formula is C18H24BrNO2. The summed E-state index contributed by atoms with van der Waals surface area (Å²) in [5, 5.41) is 0. The third-order valence-electron chi connectivity index (χ3n) is 4.30. The number of ether oxygens (including phenoxy) is 1. The Balaban J connectivity index is 1.68. The van der Waals surface area contributed by atoms with E-state index in [1.807, 2.05) is 25.7 Å². The minimum absolute atomic E-state index is 0.188. The summed E-state index contributed by atoms with van der Waals surface area (Å²) in [6.45, 7) is 7.28. The summed E-state index contributed by atoms with van der Waals surface area (Å²) in [4.78, 5) is 14.0. The first-order valence-electron chi connectivity index (χ1n) is 8.10. The van der Waals surface area contributed by atoms with E-state index in [2.05, 4.69) is 34.1 Å². The maximum absolute atomic E-state index is 12.2. The lowest BCUT2D eigenvalue weighted by atomic mass is 9.95. The van der Waals surface area contributed by atoms with Crippen LogP contribution >= 0.6 is 15.9 Å². The summed E-state index contributed by atoms with van der Waals surface area (Å²) in [6, 6.07) is 6.78. The molecule has 22 heavy (non-hydrogen) atoms. The van der Waals surface area contributed by atoms with Gasteiger partial charge in [-0.2, -0.15) is 0 Å². The van der Waals surface area contributed by atoms with Gasteiger partial charge in [-0.1, -0.05) is 22.0 Å². The molecule has 1 heterocycles. The van der Waals surface area contributed by atoms with E-state index in [1.165, 1.54) is 24.0 Å². The molecule has 2 aliphatic rings. The van der Waals surface area contributed by atoms with Crippen LogP contribution in [0, 0.1) is 0 Å². The molecule has 1 amide bonds. The first-order valence-corrected chi connectivity index (χ1v) is 8.89. The molecule has 1 aromatic carbocycles. The predicted molar refractivity (Wildman–Crippen MR) is 91.3 cm³/mol. The molecule has 0 bridgehead atoms. The third kappa shape index (κ3) is 3.83. The number of halogens is 1. The molecule has 1 aliphatic heterocycles. The van der Waals surface area contributed by atoms with Gasteiger partial charge in [0.2, 0.25) is 0 Å². The largest absolute Gasteiger partial charge is 0.444 e. The summed E-state index contributed by atoms with van der Waals surface area (Å²) >= 11 is 3.63. The zero-order chi connectivity index (χ0) is 15.9. The van der Waals surface area contributed by atoms with Crippen LogP contribution in [-0.4, -0.2) is 29.7 Å². The second kappa shape index (κ2) is 5.88. The van der Waals surface area contributed by atoms with Crippen molar-refractivity contribution in [2.24, 2.45) is 0 Å². The van der Waals surface area contributed by atoms with Crippen LogP contribution in [0.3, 0.4) is 0 Å². The number of rotatable bonds is 2. The maximum atomic E-state index is 12.2. The SMILES string of the molecule is CC(C)(C)OC(=O)N1CCC(c2cc(Br)cc(C3CC3)c2)C1. The fraction of sp³-hybridized carbons (Fsp3) is 0.611. The normalized spacial score (nSPS) is 22.0. The Kier molecular flexibility index (Phi) is 4.23. The van der Waals surface area contributed by atoms with Gasteiger partial charge in [-0.15, -0.1) is 0 Å². The molecule has 0 aromatic heterocycles. The lowest BCUT2D eigenvalue weighted by Crippen LogP contribution is -2.35. The van der Waals surface area contributed by atoms with E-state index >= 15 is 0 Å². The Morgan fingerprint density at radius 1 is 1.14 bits per heavy atom. The fourth-order valence-electron chi connectivity index (χ4n) is 3.05.